The Labute approximate surface area is 113 Å². The maximum absolute atomic E-state index is 12.1. The van der Waals surface area contributed by atoms with Crippen LogP contribution in [0.15, 0.2) is 30.3 Å². The van der Waals surface area contributed by atoms with Crippen molar-refractivity contribution in [2.45, 2.75) is 25.8 Å². The molecule has 0 aliphatic heterocycles. The molecular weight excluding hydrogens is 242 g/mol. The van der Waals surface area contributed by atoms with Gasteiger partial charge in [0.05, 0.1) is 6.54 Å². The van der Waals surface area contributed by atoms with Gasteiger partial charge in [0.15, 0.2) is 6.04 Å². The number of quaternary nitrogens is 1. The van der Waals surface area contributed by atoms with Gasteiger partial charge in [-0.2, -0.15) is 0 Å². The van der Waals surface area contributed by atoms with Crippen molar-refractivity contribution < 1.29 is 14.9 Å². The number of carbonyl (C=O) groups excluding carboxylic acids is 2. The van der Waals surface area contributed by atoms with Gasteiger partial charge >= 0.3 is 6.03 Å². The normalized spacial score (nSPS) is 11.7. The van der Waals surface area contributed by atoms with Crippen LogP contribution in [0.1, 0.15) is 31.4 Å². The van der Waals surface area contributed by atoms with Gasteiger partial charge in [-0.1, -0.05) is 43.7 Å². The quantitative estimate of drug-likeness (QED) is 0.656. The lowest BCUT2D eigenvalue weighted by atomic mass is 10.1. The van der Waals surface area contributed by atoms with E-state index in [2.05, 4.69) is 17.6 Å². The van der Waals surface area contributed by atoms with Crippen molar-refractivity contribution in [2.75, 3.05) is 13.6 Å². The third-order valence-electron chi connectivity index (χ3n) is 2.86. The molecule has 1 aromatic carbocycles. The van der Waals surface area contributed by atoms with E-state index in [1.807, 2.05) is 35.6 Å². The molecule has 0 aromatic heterocycles. The predicted molar refractivity (Wildman–Crippen MR) is 73.5 cm³/mol. The molecule has 0 heterocycles. The molecule has 5 nitrogen and oxygen atoms in total. The van der Waals surface area contributed by atoms with Crippen LogP contribution in [-0.2, 0) is 4.79 Å². The Morgan fingerprint density at radius 1 is 1.26 bits per heavy atom. The average Bonchev–Trinajstić information content (AvgIpc) is 2.44. The van der Waals surface area contributed by atoms with Crippen molar-refractivity contribution in [2.24, 2.45) is 0 Å². The summed E-state index contributed by atoms with van der Waals surface area (Å²) in [4.78, 5) is 23.3. The molecule has 19 heavy (non-hydrogen) atoms. The standard InChI is InChI=1S/C14H21N3O2/c1-3-4-10-16-12(11-8-6-5-7-9-11)13(18)17-14(19)15-2/h5-9,12,16H,3-4,10H2,1-2H3,(H2,15,17,18,19)/p+1/t12-/m1/s1. The van der Waals surface area contributed by atoms with E-state index in [4.69, 9.17) is 0 Å². The molecule has 0 saturated carbocycles. The fourth-order valence-electron chi connectivity index (χ4n) is 1.80. The van der Waals surface area contributed by atoms with Gasteiger partial charge in [-0.15, -0.1) is 0 Å². The molecule has 0 aliphatic rings. The third-order valence-corrected chi connectivity index (χ3v) is 2.86. The van der Waals surface area contributed by atoms with E-state index in [0.717, 1.165) is 24.9 Å². The Hall–Kier alpha value is -1.88. The van der Waals surface area contributed by atoms with Gasteiger partial charge in [-0.25, -0.2) is 4.79 Å². The molecule has 0 spiro atoms. The summed E-state index contributed by atoms with van der Waals surface area (Å²) in [5.41, 5.74) is 0.903. The summed E-state index contributed by atoms with van der Waals surface area (Å²) >= 11 is 0. The highest BCUT2D eigenvalue weighted by molar-refractivity contribution is 5.96. The van der Waals surface area contributed by atoms with Crippen LogP contribution in [0.5, 0.6) is 0 Å². The van der Waals surface area contributed by atoms with E-state index in [9.17, 15) is 9.59 Å². The van der Waals surface area contributed by atoms with Gasteiger partial charge in [-0.05, 0) is 6.42 Å². The number of carbonyl (C=O) groups is 2. The number of imide groups is 1. The first-order chi connectivity index (χ1) is 9.19. The summed E-state index contributed by atoms with van der Waals surface area (Å²) < 4.78 is 0. The first-order valence-corrected chi connectivity index (χ1v) is 6.59. The van der Waals surface area contributed by atoms with Gasteiger partial charge in [-0.3, -0.25) is 10.1 Å². The Morgan fingerprint density at radius 2 is 1.95 bits per heavy atom. The molecule has 0 fully saturated rings. The minimum absolute atomic E-state index is 0.290. The van der Waals surface area contributed by atoms with Gasteiger partial charge in [0, 0.05) is 12.6 Å². The summed E-state index contributed by atoms with van der Waals surface area (Å²) in [7, 11) is 1.49. The predicted octanol–water partition coefficient (Wildman–Crippen LogP) is 0.547. The second kappa shape index (κ2) is 8.26. The summed E-state index contributed by atoms with van der Waals surface area (Å²) in [5.74, 6) is -0.290. The van der Waals surface area contributed by atoms with Crippen LogP contribution < -0.4 is 16.0 Å². The minimum Gasteiger partial charge on any atom is -0.341 e. The topological polar surface area (TPSA) is 74.8 Å². The lowest BCUT2D eigenvalue weighted by Gasteiger charge is -2.15. The fourth-order valence-corrected chi connectivity index (χ4v) is 1.80. The van der Waals surface area contributed by atoms with E-state index < -0.39 is 6.03 Å². The number of urea groups is 1. The maximum atomic E-state index is 12.1. The molecular formula is C14H22N3O2+. The molecule has 104 valence electrons. The third kappa shape index (κ3) is 5.09. The fraction of sp³-hybridized carbons (Fsp3) is 0.429. The Balaban J connectivity index is 2.74. The lowest BCUT2D eigenvalue weighted by molar-refractivity contribution is -0.683. The van der Waals surface area contributed by atoms with E-state index in [0.29, 0.717) is 0 Å². The summed E-state index contributed by atoms with van der Waals surface area (Å²) in [6.07, 6.45) is 2.12. The summed E-state index contributed by atoms with van der Waals surface area (Å²) in [5, 5.41) is 6.69. The zero-order valence-electron chi connectivity index (χ0n) is 11.5. The van der Waals surface area contributed by atoms with E-state index in [-0.39, 0.29) is 11.9 Å². The van der Waals surface area contributed by atoms with Gasteiger partial charge in [0.1, 0.15) is 0 Å². The van der Waals surface area contributed by atoms with E-state index in [1.165, 1.54) is 7.05 Å². The SMILES string of the molecule is CCCC[NH2+][C@@H](C(=O)NC(=O)NC)c1ccccc1. The number of nitrogens with one attached hydrogen (secondary N) is 2. The van der Waals surface area contributed by atoms with Crippen LogP contribution in [0.4, 0.5) is 4.79 Å². The smallest absolute Gasteiger partial charge is 0.321 e. The van der Waals surface area contributed by atoms with Crippen molar-refractivity contribution >= 4 is 11.9 Å². The van der Waals surface area contributed by atoms with E-state index in [1.54, 1.807) is 0 Å². The minimum atomic E-state index is -0.477. The first-order valence-electron chi connectivity index (χ1n) is 6.59. The van der Waals surface area contributed by atoms with Crippen LogP contribution in [0.3, 0.4) is 0 Å². The number of benzene rings is 1. The van der Waals surface area contributed by atoms with Crippen LogP contribution in [0, 0.1) is 0 Å². The van der Waals surface area contributed by atoms with Crippen molar-refractivity contribution in [1.29, 1.82) is 0 Å². The number of hydrogen-bond donors (Lipinski definition) is 3. The first kappa shape index (κ1) is 15.2. The highest BCUT2D eigenvalue weighted by Gasteiger charge is 2.24. The summed E-state index contributed by atoms with van der Waals surface area (Å²) in [6.45, 7) is 2.97. The van der Waals surface area contributed by atoms with Crippen molar-refractivity contribution in [3.63, 3.8) is 0 Å². The molecule has 1 aromatic rings. The van der Waals surface area contributed by atoms with Crippen molar-refractivity contribution in [1.82, 2.24) is 10.6 Å². The number of hydrogen-bond acceptors (Lipinski definition) is 2. The molecule has 4 N–H and O–H groups in total. The number of nitrogens with two attached hydrogens (primary N) is 1. The van der Waals surface area contributed by atoms with Crippen molar-refractivity contribution in [3.8, 4) is 0 Å². The molecule has 1 atom stereocenters. The van der Waals surface area contributed by atoms with Crippen LogP contribution in [0.25, 0.3) is 0 Å². The molecule has 5 heteroatoms. The second-order valence-corrected chi connectivity index (χ2v) is 4.33. The number of rotatable bonds is 6. The zero-order valence-corrected chi connectivity index (χ0v) is 11.5. The Morgan fingerprint density at radius 3 is 2.53 bits per heavy atom. The summed E-state index contributed by atoms with van der Waals surface area (Å²) in [6, 6.07) is 8.63. The number of amides is 3. The van der Waals surface area contributed by atoms with Crippen LogP contribution >= 0.6 is 0 Å². The molecule has 0 bridgehead atoms. The Bertz CT molecular complexity index is 406. The maximum Gasteiger partial charge on any atom is 0.321 e. The molecule has 0 aliphatic carbocycles. The number of unbranched alkanes of at least 4 members (excludes halogenated alkanes) is 1. The monoisotopic (exact) mass is 264 g/mol. The van der Waals surface area contributed by atoms with Crippen LogP contribution in [0.2, 0.25) is 0 Å². The van der Waals surface area contributed by atoms with Crippen LogP contribution in [-0.4, -0.2) is 25.5 Å². The molecule has 0 saturated heterocycles. The van der Waals surface area contributed by atoms with Crippen molar-refractivity contribution in [3.05, 3.63) is 35.9 Å². The zero-order chi connectivity index (χ0) is 14.1. The lowest BCUT2D eigenvalue weighted by Crippen LogP contribution is -2.87. The molecule has 0 unspecified atom stereocenters. The second-order valence-electron chi connectivity index (χ2n) is 4.33. The van der Waals surface area contributed by atoms with Gasteiger partial charge in [0.2, 0.25) is 0 Å². The Kier molecular flexibility index (Phi) is 6.60. The average molecular weight is 264 g/mol. The molecule has 0 radical (unpaired) electrons. The highest BCUT2D eigenvalue weighted by atomic mass is 16.2. The van der Waals surface area contributed by atoms with E-state index >= 15 is 0 Å². The largest absolute Gasteiger partial charge is 0.341 e. The highest BCUT2D eigenvalue weighted by Crippen LogP contribution is 2.08. The molecule has 1 rings (SSSR count). The van der Waals surface area contributed by atoms with Gasteiger partial charge in [0.25, 0.3) is 5.91 Å². The molecule has 3 amide bonds. The van der Waals surface area contributed by atoms with Gasteiger partial charge < -0.3 is 10.6 Å².